The van der Waals surface area contributed by atoms with E-state index in [9.17, 15) is 19.2 Å². The van der Waals surface area contributed by atoms with Gasteiger partial charge in [-0.1, -0.05) is 149 Å². The molecule has 0 bridgehead atoms. The van der Waals surface area contributed by atoms with Crippen LogP contribution in [0.25, 0.3) is 0 Å². The van der Waals surface area contributed by atoms with Crippen LogP contribution >= 0.6 is 0 Å². The third kappa shape index (κ3) is 29.9. The second-order valence-corrected chi connectivity index (χ2v) is 18.7. The highest BCUT2D eigenvalue weighted by molar-refractivity contribution is 5.83. The molecule has 0 heterocycles. The van der Waals surface area contributed by atoms with Gasteiger partial charge in [-0.3, -0.25) is 19.2 Å². The summed E-state index contributed by atoms with van der Waals surface area (Å²) in [6, 6.07) is -0.304. The number of rotatable bonds is 40. The molecule has 3 atom stereocenters. The van der Waals surface area contributed by atoms with E-state index in [0.29, 0.717) is 38.8 Å². The molecule has 0 aliphatic heterocycles. The van der Waals surface area contributed by atoms with Crippen LogP contribution in [0.2, 0.25) is 0 Å². The van der Waals surface area contributed by atoms with E-state index in [1.54, 1.807) is 7.11 Å². The third-order valence-corrected chi connectivity index (χ3v) is 12.6. The Labute approximate surface area is 368 Å². The molecule has 1 saturated carbocycles. The number of esters is 2. The largest absolute Gasteiger partial charge is 0.458 e. The number of ether oxygens (including phenoxy) is 4. The van der Waals surface area contributed by atoms with Crippen LogP contribution in [0.5, 0.6) is 0 Å². The van der Waals surface area contributed by atoms with Gasteiger partial charge in [0.25, 0.3) is 0 Å². The second kappa shape index (κ2) is 35.3. The molecule has 2 amide bonds. The first kappa shape index (κ1) is 55.8. The molecule has 10 heteroatoms. The van der Waals surface area contributed by atoms with Crippen molar-refractivity contribution in [2.24, 2.45) is 0 Å². The maximum absolute atomic E-state index is 13.0. The zero-order valence-electron chi connectivity index (χ0n) is 40.0. The molecule has 0 aromatic rings. The monoisotopic (exact) mass is 851 g/mol. The summed E-state index contributed by atoms with van der Waals surface area (Å²) < 4.78 is 23.6. The van der Waals surface area contributed by atoms with Crippen LogP contribution in [0.1, 0.15) is 247 Å². The van der Waals surface area contributed by atoms with Crippen LogP contribution in [0.3, 0.4) is 0 Å². The van der Waals surface area contributed by atoms with E-state index in [1.807, 2.05) is 13.8 Å². The number of nitrogens with one attached hydrogen (secondary N) is 2. The van der Waals surface area contributed by atoms with Gasteiger partial charge in [-0.2, -0.15) is 0 Å². The number of carbonyl (C=O) groups is 4. The molecule has 10 nitrogen and oxygen atoms in total. The van der Waals surface area contributed by atoms with Gasteiger partial charge in [0, 0.05) is 58.2 Å². The lowest BCUT2D eigenvalue weighted by molar-refractivity contribution is -0.165. The van der Waals surface area contributed by atoms with Crippen LogP contribution in [-0.4, -0.2) is 73.5 Å². The standard InChI is InChI=1S/C50H94N2O8/c1-8-11-13-15-17-19-21-23-25-27-29-32-47(55)59-43-40-42(41-44(43)60-48(56)33-30-28-26-24-22-20-18-16-14-12-9-2)52-46(54)35-34-45(53)51-38-31-36-50(6,10-3)58-39-37-49(4,5)57-7/h42-44H,8-41H2,1-7H3,(H,51,53)(H,52,54). The van der Waals surface area contributed by atoms with Crippen molar-refractivity contribution >= 4 is 23.8 Å². The van der Waals surface area contributed by atoms with Gasteiger partial charge in [-0.25, -0.2) is 0 Å². The van der Waals surface area contributed by atoms with Crippen LogP contribution in [-0.2, 0) is 38.1 Å². The van der Waals surface area contributed by atoms with Gasteiger partial charge in [0.2, 0.25) is 11.8 Å². The molecule has 3 unspecified atom stereocenters. The lowest BCUT2D eigenvalue weighted by atomic mass is 9.96. The normalized spacial score (nSPS) is 17.6. The lowest BCUT2D eigenvalue weighted by Crippen LogP contribution is -2.35. The van der Waals surface area contributed by atoms with Crippen molar-refractivity contribution in [3.8, 4) is 0 Å². The second-order valence-electron chi connectivity index (χ2n) is 18.7. The lowest BCUT2D eigenvalue weighted by Gasteiger charge is -2.31. The Balaban J connectivity index is 2.51. The molecular weight excluding hydrogens is 757 g/mol. The van der Waals surface area contributed by atoms with E-state index in [0.717, 1.165) is 64.2 Å². The maximum atomic E-state index is 13.0. The summed E-state index contributed by atoms with van der Waals surface area (Å²) in [5.41, 5.74) is -0.499. The average Bonchev–Trinajstić information content (AvgIpc) is 3.58. The number of methoxy groups -OCH3 is 1. The molecule has 1 aliphatic rings. The molecule has 2 N–H and O–H groups in total. The maximum Gasteiger partial charge on any atom is 0.306 e. The van der Waals surface area contributed by atoms with E-state index in [-0.39, 0.29) is 53.8 Å². The molecule has 0 spiro atoms. The summed E-state index contributed by atoms with van der Waals surface area (Å²) in [6.07, 6.45) is 30.2. The van der Waals surface area contributed by atoms with E-state index < -0.39 is 12.2 Å². The molecule has 352 valence electrons. The molecule has 0 saturated heterocycles. The summed E-state index contributed by atoms with van der Waals surface area (Å²) >= 11 is 0. The van der Waals surface area contributed by atoms with Crippen LogP contribution < -0.4 is 10.6 Å². The average molecular weight is 851 g/mol. The summed E-state index contributed by atoms with van der Waals surface area (Å²) in [5.74, 6) is -0.945. The van der Waals surface area contributed by atoms with Crippen molar-refractivity contribution in [2.45, 2.75) is 276 Å². The Bertz CT molecular complexity index is 1070. The van der Waals surface area contributed by atoms with Gasteiger partial charge >= 0.3 is 11.9 Å². The fourth-order valence-electron chi connectivity index (χ4n) is 7.95. The zero-order valence-corrected chi connectivity index (χ0v) is 40.0. The highest BCUT2D eigenvalue weighted by atomic mass is 16.6. The number of hydrogen-bond acceptors (Lipinski definition) is 8. The quantitative estimate of drug-likeness (QED) is 0.0460. The Morgan fingerprint density at radius 3 is 1.37 bits per heavy atom. The Hall–Kier alpha value is -2.20. The van der Waals surface area contributed by atoms with Gasteiger partial charge < -0.3 is 29.6 Å². The van der Waals surface area contributed by atoms with E-state index in [4.69, 9.17) is 18.9 Å². The molecule has 1 fully saturated rings. The predicted molar refractivity (Wildman–Crippen MR) is 245 cm³/mol. The molecule has 0 aromatic heterocycles. The third-order valence-electron chi connectivity index (χ3n) is 12.6. The SMILES string of the molecule is CCCCCCCCCCCCCC(=O)OC1CC(NC(=O)CCC(=O)NCCCC(C)(CC)OCCC(C)(C)OC)CC1OC(=O)CCCCCCCCCCCCC. The fourth-order valence-corrected chi connectivity index (χ4v) is 7.95. The number of hydrogen-bond donors (Lipinski definition) is 2. The summed E-state index contributed by atoms with van der Waals surface area (Å²) in [7, 11) is 1.71. The van der Waals surface area contributed by atoms with Crippen molar-refractivity contribution in [1.29, 1.82) is 0 Å². The summed E-state index contributed by atoms with van der Waals surface area (Å²) in [5, 5.41) is 5.97. The van der Waals surface area contributed by atoms with E-state index >= 15 is 0 Å². The van der Waals surface area contributed by atoms with Gasteiger partial charge in [0.15, 0.2) is 0 Å². The first-order chi connectivity index (χ1) is 28.9. The van der Waals surface area contributed by atoms with Crippen molar-refractivity contribution in [3.05, 3.63) is 0 Å². The van der Waals surface area contributed by atoms with Crippen molar-refractivity contribution in [2.75, 3.05) is 20.3 Å². The summed E-state index contributed by atoms with van der Waals surface area (Å²) in [4.78, 5) is 51.5. The van der Waals surface area contributed by atoms with Crippen molar-refractivity contribution in [1.82, 2.24) is 10.6 Å². The van der Waals surface area contributed by atoms with Crippen LogP contribution in [0, 0.1) is 0 Å². The number of carbonyl (C=O) groups excluding carboxylic acids is 4. The molecule has 1 aliphatic carbocycles. The van der Waals surface area contributed by atoms with Crippen LogP contribution in [0.15, 0.2) is 0 Å². The Morgan fingerprint density at radius 2 is 0.950 bits per heavy atom. The molecule has 0 radical (unpaired) electrons. The Morgan fingerprint density at radius 1 is 0.533 bits per heavy atom. The predicted octanol–water partition coefficient (Wildman–Crippen LogP) is 12.2. The van der Waals surface area contributed by atoms with Crippen molar-refractivity contribution in [3.63, 3.8) is 0 Å². The van der Waals surface area contributed by atoms with E-state index in [2.05, 4.69) is 38.3 Å². The molecule has 0 aromatic carbocycles. The van der Waals surface area contributed by atoms with E-state index in [1.165, 1.54) is 103 Å². The fraction of sp³-hybridized carbons (Fsp3) is 0.920. The highest BCUT2D eigenvalue weighted by Gasteiger charge is 2.40. The topological polar surface area (TPSA) is 129 Å². The van der Waals surface area contributed by atoms with Gasteiger partial charge in [0.05, 0.1) is 17.8 Å². The first-order valence-electron chi connectivity index (χ1n) is 25.0. The minimum absolute atomic E-state index is 0.0556. The van der Waals surface area contributed by atoms with Gasteiger partial charge in [0.1, 0.15) is 12.2 Å². The number of amides is 2. The smallest absolute Gasteiger partial charge is 0.306 e. The van der Waals surface area contributed by atoms with Gasteiger partial charge in [-0.05, 0) is 59.3 Å². The van der Waals surface area contributed by atoms with Crippen molar-refractivity contribution < 1.29 is 38.1 Å². The first-order valence-corrected chi connectivity index (χ1v) is 25.0. The highest BCUT2D eigenvalue weighted by Crippen LogP contribution is 2.28. The minimum atomic E-state index is -0.593. The minimum Gasteiger partial charge on any atom is -0.458 e. The molecule has 60 heavy (non-hydrogen) atoms. The van der Waals surface area contributed by atoms with Gasteiger partial charge in [-0.15, -0.1) is 0 Å². The number of unbranched alkanes of at least 4 members (excludes halogenated alkanes) is 20. The molecule has 1 rings (SSSR count). The summed E-state index contributed by atoms with van der Waals surface area (Å²) in [6.45, 7) is 13.9. The zero-order chi connectivity index (χ0) is 44.3. The molecular formula is C50H94N2O8. The van der Waals surface area contributed by atoms with Crippen LogP contribution in [0.4, 0.5) is 0 Å². The Kier molecular flexibility index (Phi) is 32.8.